The van der Waals surface area contributed by atoms with E-state index in [0.29, 0.717) is 0 Å². The lowest BCUT2D eigenvalue weighted by molar-refractivity contribution is -0.132. The minimum atomic E-state index is -1.69. The van der Waals surface area contributed by atoms with Crippen molar-refractivity contribution in [3.8, 4) is 0 Å². The van der Waals surface area contributed by atoms with Crippen LogP contribution in [0.15, 0.2) is 0 Å². The van der Waals surface area contributed by atoms with Gasteiger partial charge in [-0.3, -0.25) is 0 Å². The van der Waals surface area contributed by atoms with Crippen molar-refractivity contribution in [1.82, 2.24) is 0 Å². The van der Waals surface area contributed by atoms with Crippen molar-refractivity contribution in [3.05, 3.63) is 0 Å². The van der Waals surface area contributed by atoms with E-state index in [1.54, 1.807) is 0 Å². The molecule has 1 rings (SSSR count). The molecule has 0 bridgehead atoms. The SMILES string of the molecule is OC[C@@H]1OC(O)[C@H](O)[C@H]1F. The molecule has 0 radical (unpaired) electrons. The summed E-state index contributed by atoms with van der Waals surface area (Å²) in [7, 11) is 0. The Morgan fingerprint density at radius 3 is 2.20 bits per heavy atom. The van der Waals surface area contributed by atoms with Gasteiger partial charge >= 0.3 is 0 Å². The monoisotopic (exact) mass is 152 g/mol. The Balaban J connectivity index is 2.53. The van der Waals surface area contributed by atoms with Gasteiger partial charge in [0.1, 0.15) is 12.2 Å². The highest BCUT2D eigenvalue weighted by atomic mass is 19.1. The van der Waals surface area contributed by atoms with Crippen molar-refractivity contribution >= 4 is 0 Å². The molecular formula is C5H9FO4. The van der Waals surface area contributed by atoms with Crippen LogP contribution >= 0.6 is 0 Å². The van der Waals surface area contributed by atoms with Crippen molar-refractivity contribution in [1.29, 1.82) is 0 Å². The maximum absolute atomic E-state index is 12.5. The summed E-state index contributed by atoms with van der Waals surface area (Å²) in [5.74, 6) is 0. The first-order chi connectivity index (χ1) is 4.66. The van der Waals surface area contributed by atoms with E-state index in [2.05, 4.69) is 4.74 Å². The van der Waals surface area contributed by atoms with Gasteiger partial charge in [-0.1, -0.05) is 0 Å². The van der Waals surface area contributed by atoms with Crippen LogP contribution in [0.25, 0.3) is 0 Å². The van der Waals surface area contributed by atoms with E-state index in [-0.39, 0.29) is 0 Å². The van der Waals surface area contributed by atoms with Gasteiger partial charge in [0.05, 0.1) is 6.61 Å². The molecule has 0 aliphatic carbocycles. The third kappa shape index (κ3) is 1.13. The topological polar surface area (TPSA) is 69.9 Å². The van der Waals surface area contributed by atoms with Gasteiger partial charge in [-0.05, 0) is 0 Å². The lowest BCUT2D eigenvalue weighted by atomic mass is 10.2. The molecule has 0 aromatic rings. The van der Waals surface area contributed by atoms with Gasteiger partial charge in [0.15, 0.2) is 12.5 Å². The largest absolute Gasteiger partial charge is 0.394 e. The van der Waals surface area contributed by atoms with E-state index < -0.39 is 31.3 Å². The predicted molar refractivity (Wildman–Crippen MR) is 28.9 cm³/mol. The van der Waals surface area contributed by atoms with E-state index in [9.17, 15) is 4.39 Å². The van der Waals surface area contributed by atoms with Crippen LogP contribution in [0.5, 0.6) is 0 Å². The zero-order chi connectivity index (χ0) is 7.72. The summed E-state index contributed by atoms with van der Waals surface area (Å²) in [5.41, 5.74) is 0. The van der Waals surface area contributed by atoms with Gasteiger partial charge in [0, 0.05) is 0 Å². The zero-order valence-electron chi connectivity index (χ0n) is 5.14. The number of rotatable bonds is 1. The standard InChI is InChI=1S/C5H9FO4/c6-3-2(1-7)10-5(9)4(3)8/h2-5,7-9H,1H2/t2-,3-,4+,5?/m0/s1. The predicted octanol–water partition coefficient (Wildman–Crippen LogP) is -1.61. The number of aliphatic hydroxyl groups is 3. The minimum absolute atomic E-state index is 0.532. The molecule has 0 aromatic carbocycles. The smallest absolute Gasteiger partial charge is 0.184 e. The molecule has 3 N–H and O–H groups in total. The Morgan fingerprint density at radius 1 is 1.40 bits per heavy atom. The van der Waals surface area contributed by atoms with Crippen molar-refractivity contribution in [2.45, 2.75) is 24.7 Å². The van der Waals surface area contributed by atoms with Crippen molar-refractivity contribution in [3.63, 3.8) is 0 Å². The average Bonchev–Trinajstić information content (AvgIpc) is 2.17. The summed E-state index contributed by atoms with van der Waals surface area (Å²) in [4.78, 5) is 0. The zero-order valence-corrected chi connectivity index (χ0v) is 5.14. The summed E-state index contributed by atoms with van der Waals surface area (Å²) < 4.78 is 17.0. The fourth-order valence-electron chi connectivity index (χ4n) is 0.856. The van der Waals surface area contributed by atoms with Crippen LogP contribution in [0.2, 0.25) is 0 Å². The van der Waals surface area contributed by atoms with E-state index in [1.807, 2.05) is 0 Å². The summed E-state index contributed by atoms with van der Waals surface area (Å²) in [6.07, 6.45) is -5.82. The Hall–Kier alpha value is -0.230. The molecular weight excluding hydrogens is 143 g/mol. The molecule has 1 fully saturated rings. The summed E-state index contributed by atoms with van der Waals surface area (Å²) in [6.45, 7) is -0.532. The van der Waals surface area contributed by atoms with Crippen LogP contribution in [0.4, 0.5) is 4.39 Å². The Morgan fingerprint density at radius 2 is 2.00 bits per heavy atom. The second kappa shape index (κ2) is 2.79. The molecule has 0 aromatic heterocycles. The van der Waals surface area contributed by atoms with Crippen LogP contribution in [-0.4, -0.2) is 46.6 Å². The number of ether oxygens (including phenoxy) is 1. The quantitative estimate of drug-likeness (QED) is 0.423. The third-order valence-corrected chi connectivity index (χ3v) is 1.47. The third-order valence-electron chi connectivity index (χ3n) is 1.47. The fourth-order valence-corrected chi connectivity index (χ4v) is 0.856. The van der Waals surface area contributed by atoms with E-state index in [1.165, 1.54) is 0 Å². The lowest BCUT2D eigenvalue weighted by Crippen LogP contribution is -2.29. The Labute approximate surface area is 56.9 Å². The van der Waals surface area contributed by atoms with E-state index >= 15 is 0 Å². The maximum Gasteiger partial charge on any atom is 0.184 e. The summed E-state index contributed by atoms with van der Waals surface area (Å²) in [5, 5.41) is 25.7. The fraction of sp³-hybridized carbons (Fsp3) is 1.00. The van der Waals surface area contributed by atoms with Gasteiger partial charge in [-0.2, -0.15) is 0 Å². The van der Waals surface area contributed by atoms with Crippen molar-refractivity contribution in [2.75, 3.05) is 6.61 Å². The first-order valence-electron chi connectivity index (χ1n) is 2.93. The van der Waals surface area contributed by atoms with Crippen molar-refractivity contribution < 1.29 is 24.4 Å². The molecule has 4 nitrogen and oxygen atoms in total. The maximum atomic E-state index is 12.5. The molecule has 1 aliphatic rings. The van der Waals surface area contributed by atoms with Crippen LogP contribution in [0.3, 0.4) is 0 Å². The highest BCUT2D eigenvalue weighted by Gasteiger charge is 2.42. The molecule has 4 atom stereocenters. The molecule has 0 saturated carbocycles. The van der Waals surface area contributed by atoms with Crippen LogP contribution in [0.1, 0.15) is 0 Å². The van der Waals surface area contributed by atoms with Crippen LogP contribution < -0.4 is 0 Å². The average molecular weight is 152 g/mol. The van der Waals surface area contributed by atoms with Gasteiger partial charge < -0.3 is 20.1 Å². The molecule has 0 spiro atoms. The van der Waals surface area contributed by atoms with Gasteiger partial charge in [0.25, 0.3) is 0 Å². The van der Waals surface area contributed by atoms with Crippen LogP contribution in [0, 0.1) is 0 Å². The molecule has 1 saturated heterocycles. The molecule has 1 unspecified atom stereocenters. The number of hydrogen-bond donors (Lipinski definition) is 3. The number of hydrogen-bond acceptors (Lipinski definition) is 4. The summed E-state index contributed by atoms with van der Waals surface area (Å²) >= 11 is 0. The first-order valence-corrected chi connectivity index (χ1v) is 2.93. The van der Waals surface area contributed by atoms with Gasteiger partial charge in [0.2, 0.25) is 0 Å². The lowest BCUT2D eigenvalue weighted by Gasteiger charge is -2.06. The molecule has 5 heteroatoms. The Bertz CT molecular complexity index is 120. The minimum Gasteiger partial charge on any atom is -0.394 e. The van der Waals surface area contributed by atoms with E-state index in [0.717, 1.165) is 0 Å². The van der Waals surface area contributed by atoms with Crippen LogP contribution in [-0.2, 0) is 4.74 Å². The number of alkyl halides is 1. The van der Waals surface area contributed by atoms with Gasteiger partial charge in [-0.15, -0.1) is 0 Å². The molecule has 1 heterocycles. The molecule has 10 heavy (non-hydrogen) atoms. The van der Waals surface area contributed by atoms with Crippen molar-refractivity contribution in [2.24, 2.45) is 0 Å². The molecule has 0 amide bonds. The second-order valence-corrected chi connectivity index (χ2v) is 2.18. The summed E-state index contributed by atoms with van der Waals surface area (Å²) in [6, 6.07) is 0. The van der Waals surface area contributed by atoms with Gasteiger partial charge in [-0.25, -0.2) is 4.39 Å². The highest BCUT2D eigenvalue weighted by molar-refractivity contribution is 4.85. The first kappa shape index (κ1) is 7.87. The highest BCUT2D eigenvalue weighted by Crippen LogP contribution is 2.21. The normalized spacial score (nSPS) is 48.0. The second-order valence-electron chi connectivity index (χ2n) is 2.18. The Kier molecular flexibility index (Phi) is 2.20. The molecule has 60 valence electrons. The van der Waals surface area contributed by atoms with E-state index in [4.69, 9.17) is 15.3 Å². The molecule has 1 aliphatic heterocycles. The number of aliphatic hydroxyl groups excluding tert-OH is 3. The number of halogens is 1.